The van der Waals surface area contributed by atoms with Crippen molar-refractivity contribution in [2.45, 2.75) is 33.2 Å². The maximum atomic E-state index is 5.95. The van der Waals surface area contributed by atoms with E-state index in [2.05, 4.69) is 35.4 Å². The van der Waals surface area contributed by atoms with Gasteiger partial charge in [0.25, 0.3) is 0 Å². The molecule has 21 heavy (non-hydrogen) atoms. The van der Waals surface area contributed by atoms with E-state index in [-0.39, 0.29) is 6.04 Å². The molecule has 0 fully saturated rings. The smallest absolute Gasteiger partial charge is 0.227 e. The third kappa shape index (κ3) is 2.83. The summed E-state index contributed by atoms with van der Waals surface area (Å²) >= 11 is 0. The zero-order chi connectivity index (χ0) is 14.8. The van der Waals surface area contributed by atoms with Gasteiger partial charge in [-0.25, -0.2) is 0 Å². The Morgan fingerprint density at radius 3 is 2.76 bits per heavy atom. The second kappa shape index (κ2) is 5.69. The fourth-order valence-electron chi connectivity index (χ4n) is 2.54. The van der Waals surface area contributed by atoms with Crippen molar-refractivity contribution in [2.24, 2.45) is 0 Å². The molecule has 1 atom stereocenters. The van der Waals surface area contributed by atoms with Gasteiger partial charge in [-0.05, 0) is 32.4 Å². The summed E-state index contributed by atoms with van der Waals surface area (Å²) in [6.45, 7) is 6.78. The Hall–Kier alpha value is -2.14. The average molecular weight is 285 g/mol. The molecule has 1 aromatic carbocycles. The van der Waals surface area contributed by atoms with E-state index in [1.165, 1.54) is 10.9 Å². The predicted octanol–water partition coefficient (Wildman–Crippen LogP) is 3.33. The van der Waals surface area contributed by atoms with Gasteiger partial charge in [-0.1, -0.05) is 23.4 Å². The molecule has 0 aliphatic heterocycles. The van der Waals surface area contributed by atoms with E-state index in [0.717, 1.165) is 17.9 Å². The topological polar surface area (TPSA) is 64.1 Å². The number of fused-ring (bicyclic) bond motifs is 1. The van der Waals surface area contributed by atoms with Crippen LogP contribution in [0.25, 0.3) is 11.0 Å². The number of nitrogens with zero attached hydrogens (tertiary/aromatic N) is 2. The summed E-state index contributed by atoms with van der Waals surface area (Å²) in [7, 11) is 0. The van der Waals surface area contributed by atoms with Gasteiger partial charge in [-0.3, -0.25) is 0 Å². The number of aryl methyl sites for hydroxylation is 2. The van der Waals surface area contributed by atoms with Crippen molar-refractivity contribution in [3.8, 4) is 0 Å². The van der Waals surface area contributed by atoms with Gasteiger partial charge in [-0.2, -0.15) is 4.98 Å². The van der Waals surface area contributed by atoms with E-state index in [1.807, 2.05) is 25.1 Å². The van der Waals surface area contributed by atoms with E-state index in [4.69, 9.17) is 8.94 Å². The Morgan fingerprint density at radius 1 is 1.24 bits per heavy atom. The maximum Gasteiger partial charge on any atom is 0.227 e. The van der Waals surface area contributed by atoms with Gasteiger partial charge in [-0.15, -0.1) is 0 Å². The standard InChI is InChI=1S/C16H19N3O2/c1-10-13-6-4-5-7-14(13)20-16(10)11(2)17-9-8-15-18-12(3)19-21-15/h4-7,11,17H,8-9H2,1-3H3. The normalized spacial score (nSPS) is 12.9. The Balaban J connectivity index is 1.66. The number of hydrogen-bond acceptors (Lipinski definition) is 5. The number of aromatic nitrogens is 2. The summed E-state index contributed by atoms with van der Waals surface area (Å²) in [5.41, 5.74) is 2.13. The van der Waals surface area contributed by atoms with Crippen LogP contribution >= 0.6 is 0 Å². The second-order valence-corrected chi connectivity index (χ2v) is 5.25. The Labute approximate surface area is 123 Å². The highest BCUT2D eigenvalue weighted by molar-refractivity contribution is 5.82. The summed E-state index contributed by atoms with van der Waals surface area (Å²) in [4.78, 5) is 4.19. The molecule has 3 rings (SSSR count). The number of rotatable bonds is 5. The fourth-order valence-corrected chi connectivity index (χ4v) is 2.54. The number of para-hydroxylation sites is 1. The van der Waals surface area contributed by atoms with Crippen molar-refractivity contribution < 1.29 is 8.94 Å². The first kappa shape index (κ1) is 13.8. The monoisotopic (exact) mass is 285 g/mol. The molecule has 1 unspecified atom stereocenters. The van der Waals surface area contributed by atoms with E-state index in [0.29, 0.717) is 18.1 Å². The zero-order valence-electron chi connectivity index (χ0n) is 12.5. The predicted molar refractivity (Wildman–Crippen MR) is 80.1 cm³/mol. The average Bonchev–Trinajstić information content (AvgIpc) is 3.03. The van der Waals surface area contributed by atoms with Crippen molar-refractivity contribution in [1.29, 1.82) is 0 Å². The molecule has 0 radical (unpaired) electrons. The minimum atomic E-state index is 0.140. The number of benzene rings is 1. The van der Waals surface area contributed by atoms with E-state index in [9.17, 15) is 0 Å². The molecule has 0 aliphatic carbocycles. The summed E-state index contributed by atoms with van der Waals surface area (Å²) in [6, 6.07) is 8.25. The van der Waals surface area contributed by atoms with Gasteiger partial charge < -0.3 is 14.3 Å². The third-order valence-corrected chi connectivity index (χ3v) is 3.63. The van der Waals surface area contributed by atoms with Gasteiger partial charge in [0.2, 0.25) is 5.89 Å². The molecule has 0 saturated heterocycles. The van der Waals surface area contributed by atoms with E-state index >= 15 is 0 Å². The third-order valence-electron chi connectivity index (χ3n) is 3.63. The van der Waals surface area contributed by atoms with Crippen molar-refractivity contribution >= 4 is 11.0 Å². The lowest BCUT2D eigenvalue weighted by Gasteiger charge is -2.11. The zero-order valence-corrected chi connectivity index (χ0v) is 12.5. The summed E-state index contributed by atoms with van der Waals surface area (Å²) in [5, 5.41) is 8.39. The lowest BCUT2D eigenvalue weighted by atomic mass is 10.1. The Morgan fingerprint density at radius 2 is 2.05 bits per heavy atom. The first-order valence-electron chi connectivity index (χ1n) is 7.15. The van der Waals surface area contributed by atoms with Crippen LogP contribution in [0.5, 0.6) is 0 Å². The molecular formula is C16H19N3O2. The molecule has 3 aromatic rings. The summed E-state index contributed by atoms with van der Waals surface area (Å²) in [6.07, 6.45) is 0.713. The summed E-state index contributed by atoms with van der Waals surface area (Å²) in [5.74, 6) is 2.32. The lowest BCUT2D eigenvalue weighted by molar-refractivity contribution is 0.366. The van der Waals surface area contributed by atoms with Crippen LogP contribution in [0.1, 0.15) is 36.0 Å². The van der Waals surface area contributed by atoms with Crippen molar-refractivity contribution in [3.05, 3.63) is 47.3 Å². The lowest BCUT2D eigenvalue weighted by Crippen LogP contribution is -2.21. The summed E-state index contributed by atoms with van der Waals surface area (Å²) < 4.78 is 11.1. The first-order valence-corrected chi connectivity index (χ1v) is 7.15. The molecule has 1 N–H and O–H groups in total. The van der Waals surface area contributed by atoms with Gasteiger partial charge in [0.05, 0.1) is 6.04 Å². The van der Waals surface area contributed by atoms with E-state index < -0.39 is 0 Å². The molecule has 5 nitrogen and oxygen atoms in total. The van der Waals surface area contributed by atoms with Crippen molar-refractivity contribution in [3.63, 3.8) is 0 Å². The van der Waals surface area contributed by atoms with Crippen molar-refractivity contribution in [2.75, 3.05) is 6.54 Å². The number of furan rings is 1. The Kier molecular flexibility index (Phi) is 3.75. The van der Waals surface area contributed by atoms with Crippen LogP contribution in [0.4, 0.5) is 0 Å². The van der Waals surface area contributed by atoms with Crippen LogP contribution < -0.4 is 5.32 Å². The molecule has 0 spiro atoms. The number of hydrogen-bond donors (Lipinski definition) is 1. The molecule has 0 amide bonds. The fraction of sp³-hybridized carbons (Fsp3) is 0.375. The van der Waals surface area contributed by atoms with Crippen LogP contribution in [0.15, 0.2) is 33.2 Å². The van der Waals surface area contributed by atoms with Crippen LogP contribution in [0.2, 0.25) is 0 Å². The molecule has 0 saturated carbocycles. The van der Waals surface area contributed by atoms with Crippen LogP contribution in [-0.4, -0.2) is 16.7 Å². The highest BCUT2D eigenvalue weighted by Crippen LogP contribution is 2.28. The minimum Gasteiger partial charge on any atom is -0.459 e. The van der Waals surface area contributed by atoms with Gasteiger partial charge in [0, 0.05) is 18.4 Å². The first-order chi connectivity index (χ1) is 10.1. The van der Waals surface area contributed by atoms with E-state index in [1.54, 1.807) is 0 Å². The molecule has 2 heterocycles. The van der Waals surface area contributed by atoms with Crippen molar-refractivity contribution in [1.82, 2.24) is 15.5 Å². The van der Waals surface area contributed by atoms with Crippen LogP contribution in [-0.2, 0) is 6.42 Å². The van der Waals surface area contributed by atoms with Crippen LogP contribution in [0, 0.1) is 13.8 Å². The highest BCUT2D eigenvalue weighted by Gasteiger charge is 2.16. The van der Waals surface area contributed by atoms with Crippen LogP contribution in [0.3, 0.4) is 0 Å². The highest BCUT2D eigenvalue weighted by atomic mass is 16.5. The SMILES string of the molecule is Cc1noc(CCNC(C)c2oc3ccccc3c2C)n1. The quantitative estimate of drug-likeness (QED) is 0.779. The molecule has 0 bridgehead atoms. The maximum absolute atomic E-state index is 5.95. The molecular weight excluding hydrogens is 266 g/mol. The minimum absolute atomic E-state index is 0.140. The van der Waals surface area contributed by atoms with Gasteiger partial charge in [0.15, 0.2) is 5.82 Å². The van der Waals surface area contributed by atoms with Gasteiger partial charge in [0.1, 0.15) is 11.3 Å². The molecule has 2 aromatic heterocycles. The largest absolute Gasteiger partial charge is 0.459 e. The number of nitrogens with one attached hydrogen (secondary N) is 1. The molecule has 0 aliphatic rings. The Bertz CT molecular complexity index is 745. The molecule has 110 valence electrons. The van der Waals surface area contributed by atoms with Gasteiger partial charge >= 0.3 is 0 Å². The molecule has 5 heteroatoms. The second-order valence-electron chi connectivity index (χ2n) is 5.25.